The predicted molar refractivity (Wildman–Crippen MR) is 83.9 cm³/mol. The van der Waals surface area contributed by atoms with Gasteiger partial charge in [-0.25, -0.2) is 0 Å². The van der Waals surface area contributed by atoms with Crippen LogP contribution in [-0.4, -0.2) is 53.9 Å². The first-order valence-electron chi connectivity index (χ1n) is 8.18. The lowest BCUT2D eigenvalue weighted by Gasteiger charge is -2.34. The number of nitrogens with zero attached hydrogens (tertiary/aromatic N) is 3. The summed E-state index contributed by atoms with van der Waals surface area (Å²) in [4.78, 5) is 19.0. The summed E-state index contributed by atoms with van der Waals surface area (Å²) in [6.45, 7) is 2.56. The minimum atomic E-state index is -0.336. The van der Waals surface area contributed by atoms with Crippen LogP contribution in [0, 0.1) is 5.92 Å². The summed E-state index contributed by atoms with van der Waals surface area (Å²) in [6.07, 6.45) is 0.766. The number of rotatable bonds is 3. The highest BCUT2D eigenvalue weighted by atomic mass is 16.5. The van der Waals surface area contributed by atoms with E-state index in [0.717, 1.165) is 12.0 Å². The third kappa shape index (κ3) is 2.92. The molecule has 0 saturated carbocycles. The Morgan fingerprint density at radius 3 is 2.75 bits per heavy atom. The van der Waals surface area contributed by atoms with Gasteiger partial charge in [-0.05, 0) is 6.42 Å². The van der Waals surface area contributed by atoms with E-state index in [1.807, 2.05) is 30.3 Å². The van der Waals surface area contributed by atoms with E-state index in [-0.39, 0.29) is 17.9 Å². The van der Waals surface area contributed by atoms with Gasteiger partial charge in [0.2, 0.25) is 11.7 Å². The van der Waals surface area contributed by atoms with Crippen LogP contribution in [0.1, 0.15) is 18.4 Å². The average Bonchev–Trinajstić information content (AvgIpc) is 3.34. The largest absolute Gasteiger partial charge is 0.381 e. The Morgan fingerprint density at radius 1 is 1.12 bits per heavy atom. The lowest BCUT2D eigenvalue weighted by Crippen LogP contribution is -2.46. The minimum absolute atomic E-state index is 0.0814. The number of carbonyl (C=O) groups is 1. The molecule has 2 fully saturated rings. The Labute approximate surface area is 139 Å². The van der Waals surface area contributed by atoms with Crippen molar-refractivity contribution in [1.82, 2.24) is 15.0 Å². The van der Waals surface area contributed by atoms with Crippen LogP contribution in [0.2, 0.25) is 0 Å². The highest BCUT2D eigenvalue weighted by Gasteiger charge is 2.37. The number of amides is 1. The highest BCUT2D eigenvalue weighted by molar-refractivity contribution is 5.79. The van der Waals surface area contributed by atoms with Gasteiger partial charge in [-0.2, -0.15) is 4.98 Å². The molecule has 0 bridgehead atoms. The first-order chi connectivity index (χ1) is 11.8. The van der Waals surface area contributed by atoms with Gasteiger partial charge in [0.15, 0.2) is 0 Å². The molecule has 2 aromatic rings. The van der Waals surface area contributed by atoms with Crippen molar-refractivity contribution >= 4 is 5.91 Å². The van der Waals surface area contributed by atoms with Crippen LogP contribution in [0.4, 0.5) is 0 Å². The van der Waals surface area contributed by atoms with Gasteiger partial charge in [0, 0.05) is 18.7 Å². The normalized spacial score (nSPS) is 24.2. The number of morpholine rings is 1. The zero-order chi connectivity index (χ0) is 16.4. The molecule has 1 aromatic carbocycles. The minimum Gasteiger partial charge on any atom is -0.381 e. The maximum atomic E-state index is 12.8. The monoisotopic (exact) mass is 329 g/mol. The van der Waals surface area contributed by atoms with Crippen LogP contribution in [-0.2, 0) is 14.3 Å². The molecule has 0 aliphatic carbocycles. The molecule has 7 heteroatoms. The topological polar surface area (TPSA) is 77.7 Å². The van der Waals surface area contributed by atoms with Gasteiger partial charge in [-0.1, -0.05) is 35.5 Å². The fourth-order valence-corrected chi connectivity index (χ4v) is 3.11. The van der Waals surface area contributed by atoms with Crippen LogP contribution in [0.3, 0.4) is 0 Å². The van der Waals surface area contributed by atoms with Crippen LogP contribution >= 0.6 is 0 Å². The maximum absolute atomic E-state index is 12.8. The molecule has 7 nitrogen and oxygen atoms in total. The second-order valence-electron chi connectivity index (χ2n) is 6.01. The molecule has 2 aliphatic heterocycles. The van der Waals surface area contributed by atoms with Crippen molar-refractivity contribution in [2.45, 2.75) is 12.5 Å². The van der Waals surface area contributed by atoms with E-state index in [2.05, 4.69) is 10.1 Å². The molecule has 126 valence electrons. The third-order valence-electron chi connectivity index (χ3n) is 4.45. The zero-order valence-electron chi connectivity index (χ0n) is 13.3. The SMILES string of the molecule is O=C([C@@H]1CCOC1)N1CCOC[C@@H]1c1nc(-c2ccccc2)no1. The zero-order valence-corrected chi connectivity index (χ0v) is 13.3. The van der Waals surface area contributed by atoms with Crippen LogP contribution in [0.5, 0.6) is 0 Å². The number of hydrogen-bond acceptors (Lipinski definition) is 6. The summed E-state index contributed by atoms with van der Waals surface area (Å²) >= 11 is 0. The van der Waals surface area contributed by atoms with Crippen molar-refractivity contribution < 1.29 is 18.8 Å². The summed E-state index contributed by atoms with van der Waals surface area (Å²) in [5.74, 6) is 0.941. The Balaban J connectivity index is 1.57. The number of hydrogen-bond donors (Lipinski definition) is 0. The Kier molecular flexibility index (Phi) is 4.27. The third-order valence-corrected chi connectivity index (χ3v) is 4.45. The summed E-state index contributed by atoms with van der Waals surface area (Å²) in [6, 6.07) is 9.28. The Morgan fingerprint density at radius 2 is 1.96 bits per heavy atom. The predicted octanol–water partition coefficient (Wildman–Crippen LogP) is 1.67. The summed E-state index contributed by atoms with van der Waals surface area (Å²) < 4.78 is 16.3. The van der Waals surface area contributed by atoms with Gasteiger partial charge in [0.25, 0.3) is 5.89 Å². The molecule has 3 heterocycles. The van der Waals surface area contributed by atoms with E-state index in [0.29, 0.717) is 44.7 Å². The summed E-state index contributed by atoms with van der Waals surface area (Å²) in [7, 11) is 0. The summed E-state index contributed by atoms with van der Waals surface area (Å²) in [5, 5.41) is 4.05. The maximum Gasteiger partial charge on any atom is 0.252 e. The molecule has 0 unspecified atom stereocenters. The van der Waals surface area contributed by atoms with E-state index in [1.54, 1.807) is 4.90 Å². The molecule has 2 aliphatic rings. The standard InChI is InChI=1S/C17H19N3O4/c21-17(13-6-8-22-10-13)20-7-9-23-11-14(20)16-18-15(19-24-16)12-4-2-1-3-5-12/h1-5,13-14H,6-11H2/t13-,14-/m1/s1. The lowest BCUT2D eigenvalue weighted by atomic mass is 10.1. The van der Waals surface area contributed by atoms with E-state index in [1.165, 1.54) is 0 Å². The molecule has 24 heavy (non-hydrogen) atoms. The smallest absolute Gasteiger partial charge is 0.252 e. The molecule has 1 amide bonds. The van der Waals surface area contributed by atoms with Crippen molar-refractivity contribution in [3.63, 3.8) is 0 Å². The molecule has 0 radical (unpaired) electrons. The number of aromatic nitrogens is 2. The molecule has 0 spiro atoms. The second kappa shape index (κ2) is 6.70. The highest BCUT2D eigenvalue weighted by Crippen LogP contribution is 2.28. The lowest BCUT2D eigenvalue weighted by molar-refractivity contribution is -0.145. The van der Waals surface area contributed by atoms with Gasteiger partial charge in [-0.15, -0.1) is 0 Å². The molecular formula is C17H19N3O4. The van der Waals surface area contributed by atoms with Gasteiger partial charge in [-0.3, -0.25) is 4.79 Å². The first kappa shape index (κ1) is 15.3. The van der Waals surface area contributed by atoms with Gasteiger partial charge >= 0.3 is 0 Å². The van der Waals surface area contributed by atoms with Crippen molar-refractivity contribution in [1.29, 1.82) is 0 Å². The number of carbonyl (C=O) groups excluding carboxylic acids is 1. The van der Waals surface area contributed by atoms with Crippen molar-refractivity contribution in [3.8, 4) is 11.4 Å². The molecule has 2 atom stereocenters. The second-order valence-corrected chi connectivity index (χ2v) is 6.01. The quantitative estimate of drug-likeness (QED) is 0.852. The first-order valence-corrected chi connectivity index (χ1v) is 8.18. The number of benzene rings is 1. The molecule has 1 aromatic heterocycles. The Bertz CT molecular complexity index is 697. The van der Waals surface area contributed by atoms with E-state index in [9.17, 15) is 4.79 Å². The molecule has 0 N–H and O–H groups in total. The van der Waals surface area contributed by atoms with Crippen molar-refractivity contribution in [2.24, 2.45) is 5.92 Å². The van der Waals surface area contributed by atoms with E-state index < -0.39 is 0 Å². The fraction of sp³-hybridized carbons (Fsp3) is 0.471. The molecular weight excluding hydrogens is 310 g/mol. The van der Waals surface area contributed by atoms with Gasteiger partial charge < -0.3 is 18.9 Å². The van der Waals surface area contributed by atoms with Gasteiger partial charge in [0.05, 0.1) is 25.7 Å². The Hall–Kier alpha value is -2.25. The van der Waals surface area contributed by atoms with E-state index in [4.69, 9.17) is 14.0 Å². The van der Waals surface area contributed by atoms with Crippen LogP contribution in [0.25, 0.3) is 11.4 Å². The summed E-state index contributed by atoms with van der Waals surface area (Å²) in [5.41, 5.74) is 0.881. The van der Waals surface area contributed by atoms with Crippen LogP contribution in [0.15, 0.2) is 34.9 Å². The fourth-order valence-electron chi connectivity index (χ4n) is 3.11. The molecule has 2 saturated heterocycles. The van der Waals surface area contributed by atoms with Crippen molar-refractivity contribution in [3.05, 3.63) is 36.2 Å². The van der Waals surface area contributed by atoms with Crippen molar-refractivity contribution in [2.75, 3.05) is 33.0 Å². The molecule has 4 rings (SSSR count). The van der Waals surface area contributed by atoms with Crippen LogP contribution < -0.4 is 0 Å². The number of ether oxygens (including phenoxy) is 2. The van der Waals surface area contributed by atoms with E-state index >= 15 is 0 Å². The van der Waals surface area contributed by atoms with Gasteiger partial charge in [0.1, 0.15) is 6.04 Å². The average molecular weight is 329 g/mol.